The van der Waals surface area contributed by atoms with E-state index < -0.39 is 24.6 Å². The van der Waals surface area contributed by atoms with Crippen molar-refractivity contribution >= 4 is 29.3 Å². The summed E-state index contributed by atoms with van der Waals surface area (Å²) in [5.74, 6) is -1.58. The summed E-state index contributed by atoms with van der Waals surface area (Å²) in [6.45, 7) is 0.222. The average Bonchev–Trinajstić information content (AvgIpc) is 2.48. The van der Waals surface area contributed by atoms with Crippen molar-refractivity contribution in [3.8, 4) is 0 Å². The largest absolute Gasteiger partial charge is 0.480 e. The molecule has 0 bridgehead atoms. The van der Waals surface area contributed by atoms with Crippen LogP contribution >= 0.6 is 12.2 Å². The number of hydrogen-bond donors (Lipinski definition) is 3. The Morgan fingerprint density at radius 2 is 2.00 bits per heavy atom. The van der Waals surface area contributed by atoms with Crippen LogP contribution in [-0.2, 0) is 9.53 Å². The molecule has 118 valence electrons. The molecule has 3 N–H and O–H groups in total. The topological polar surface area (TPSA) is 99.1 Å². The monoisotopic (exact) mass is 324 g/mol. The number of aliphatic hydroxyl groups is 1. The average molecular weight is 324 g/mol. The maximum atomic E-state index is 11.8. The van der Waals surface area contributed by atoms with Gasteiger partial charge in [0, 0.05) is 0 Å². The molecule has 1 aromatic rings. The highest BCUT2D eigenvalue weighted by Gasteiger charge is 2.33. The van der Waals surface area contributed by atoms with Crippen LogP contribution in [0.15, 0.2) is 30.3 Å². The molecule has 1 aliphatic rings. The zero-order valence-electron chi connectivity index (χ0n) is 11.6. The Morgan fingerprint density at radius 3 is 2.55 bits per heavy atom. The highest BCUT2D eigenvalue weighted by atomic mass is 32.1. The Hall–Kier alpha value is -2.19. The van der Waals surface area contributed by atoms with Crippen molar-refractivity contribution < 1.29 is 24.5 Å². The molecule has 0 aliphatic carbocycles. The number of likely N-dealkylation sites (tertiary alicyclic amines) is 1. The van der Waals surface area contributed by atoms with Gasteiger partial charge in [0.1, 0.15) is 12.1 Å². The maximum Gasteiger partial charge on any atom is 0.338 e. The molecule has 0 saturated carbocycles. The Balaban J connectivity index is 1.77. The van der Waals surface area contributed by atoms with E-state index in [-0.39, 0.29) is 11.2 Å². The van der Waals surface area contributed by atoms with Crippen LogP contribution in [0.5, 0.6) is 0 Å². The number of rotatable bonds is 5. The zero-order valence-corrected chi connectivity index (χ0v) is 12.5. The lowest BCUT2D eigenvalue weighted by Crippen LogP contribution is -2.60. The minimum Gasteiger partial charge on any atom is -0.480 e. The lowest BCUT2D eigenvalue weighted by atomic mass is 10.1. The van der Waals surface area contributed by atoms with Gasteiger partial charge < -0.3 is 25.2 Å². The van der Waals surface area contributed by atoms with Gasteiger partial charge in [-0.15, -0.1) is 0 Å². The van der Waals surface area contributed by atoms with Crippen LogP contribution < -0.4 is 5.32 Å². The first kappa shape index (κ1) is 16.2. The third-order valence-electron chi connectivity index (χ3n) is 3.20. The van der Waals surface area contributed by atoms with Gasteiger partial charge in [-0.05, 0) is 24.4 Å². The number of carboxylic acid groups (broad SMARTS) is 1. The summed E-state index contributed by atoms with van der Waals surface area (Å²) in [7, 11) is 0. The van der Waals surface area contributed by atoms with Gasteiger partial charge in [-0.1, -0.05) is 18.2 Å². The van der Waals surface area contributed by atoms with E-state index in [1.807, 2.05) is 6.07 Å². The van der Waals surface area contributed by atoms with Gasteiger partial charge in [-0.25, -0.2) is 9.59 Å². The standard InChI is InChI=1S/C14H16N2O5S/c17-8-11(12(18)19)15-14(22)16-6-10(7-16)21-13(20)9-4-2-1-3-5-9/h1-5,10-11,17H,6-8H2,(H,15,22)(H,18,19)/t11-/m0/s1. The van der Waals surface area contributed by atoms with E-state index in [1.165, 1.54) is 0 Å². The molecule has 7 nitrogen and oxygen atoms in total. The predicted molar refractivity (Wildman–Crippen MR) is 81.5 cm³/mol. The molecule has 22 heavy (non-hydrogen) atoms. The van der Waals surface area contributed by atoms with Gasteiger partial charge >= 0.3 is 11.9 Å². The number of nitrogens with one attached hydrogen (secondary N) is 1. The SMILES string of the molecule is O=C(OC1CN(C(=S)N[C@@H](CO)C(=O)O)C1)c1ccccc1. The molecule has 0 spiro atoms. The third-order valence-corrected chi connectivity index (χ3v) is 3.57. The fraction of sp³-hybridized carbons (Fsp3) is 0.357. The van der Waals surface area contributed by atoms with Gasteiger partial charge in [-0.2, -0.15) is 0 Å². The third kappa shape index (κ3) is 3.92. The number of ether oxygens (including phenoxy) is 1. The van der Waals surface area contributed by atoms with Crippen LogP contribution in [0, 0.1) is 0 Å². The van der Waals surface area contributed by atoms with E-state index in [1.54, 1.807) is 29.2 Å². The molecule has 1 atom stereocenters. The van der Waals surface area contributed by atoms with Crippen molar-refractivity contribution in [2.75, 3.05) is 19.7 Å². The lowest BCUT2D eigenvalue weighted by Gasteiger charge is -2.40. The Labute approximate surface area is 132 Å². The molecule has 2 rings (SSSR count). The van der Waals surface area contributed by atoms with Crippen molar-refractivity contribution in [2.24, 2.45) is 0 Å². The van der Waals surface area contributed by atoms with Gasteiger partial charge in [0.05, 0.1) is 25.3 Å². The van der Waals surface area contributed by atoms with Crippen molar-refractivity contribution in [3.05, 3.63) is 35.9 Å². The first-order valence-electron chi connectivity index (χ1n) is 6.66. The number of carbonyl (C=O) groups is 2. The number of benzene rings is 1. The smallest absolute Gasteiger partial charge is 0.338 e. The Kier molecular flexibility index (Phi) is 5.29. The first-order chi connectivity index (χ1) is 10.5. The van der Waals surface area contributed by atoms with E-state index >= 15 is 0 Å². The summed E-state index contributed by atoms with van der Waals surface area (Å²) < 4.78 is 5.30. The van der Waals surface area contributed by atoms with Crippen LogP contribution in [0.1, 0.15) is 10.4 Å². The molecule has 0 radical (unpaired) electrons. The summed E-state index contributed by atoms with van der Waals surface area (Å²) in [6.07, 6.45) is -0.287. The molecule has 1 saturated heterocycles. The quantitative estimate of drug-likeness (QED) is 0.508. The van der Waals surface area contributed by atoms with Crippen LogP contribution in [0.3, 0.4) is 0 Å². The minimum absolute atomic E-state index is 0.216. The number of hydrogen-bond acceptors (Lipinski definition) is 5. The molecule has 1 fully saturated rings. The fourth-order valence-electron chi connectivity index (χ4n) is 1.90. The number of carboxylic acids is 1. The number of carbonyl (C=O) groups excluding carboxylic acids is 1. The summed E-state index contributed by atoms with van der Waals surface area (Å²) in [6, 6.07) is 7.52. The Morgan fingerprint density at radius 1 is 1.36 bits per heavy atom. The summed E-state index contributed by atoms with van der Waals surface area (Å²) >= 11 is 5.05. The van der Waals surface area contributed by atoms with Crippen LogP contribution in [-0.4, -0.2) is 64.0 Å². The van der Waals surface area contributed by atoms with Crippen LogP contribution in [0.4, 0.5) is 0 Å². The highest BCUT2D eigenvalue weighted by molar-refractivity contribution is 7.80. The normalized spacial score (nSPS) is 15.6. The van der Waals surface area contributed by atoms with Crippen molar-refractivity contribution in [1.82, 2.24) is 10.2 Å². The first-order valence-corrected chi connectivity index (χ1v) is 7.07. The van der Waals surface area contributed by atoms with Crippen LogP contribution in [0.2, 0.25) is 0 Å². The van der Waals surface area contributed by atoms with E-state index in [0.29, 0.717) is 18.7 Å². The number of aliphatic hydroxyl groups excluding tert-OH is 1. The van der Waals surface area contributed by atoms with E-state index in [9.17, 15) is 9.59 Å². The summed E-state index contributed by atoms with van der Waals surface area (Å²) in [5.41, 5.74) is 0.480. The van der Waals surface area contributed by atoms with E-state index in [4.69, 9.17) is 27.2 Å². The molecule has 1 aromatic carbocycles. The minimum atomic E-state index is -1.18. The van der Waals surface area contributed by atoms with Gasteiger partial charge in [0.15, 0.2) is 5.11 Å². The molecule has 0 unspecified atom stereocenters. The molecule has 0 amide bonds. The number of nitrogens with zero attached hydrogens (tertiary/aromatic N) is 1. The van der Waals surface area contributed by atoms with Gasteiger partial charge in [0.2, 0.25) is 0 Å². The number of aliphatic carboxylic acids is 1. The molecular formula is C14H16N2O5S. The second kappa shape index (κ2) is 7.19. The van der Waals surface area contributed by atoms with Gasteiger partial charge in [-0.3, -0.25) is 0 Å². The second-order valence-electron chi connectivity index (χ2n) is 4.82. The predicted octanol–water partition coefficient (Wildman–Crippen LogP) is -0.152. The number of thiocarbonyl (C=S) groups is 1. The van der Waals surface area contributed by atoms with Gasteiger partial charge in [0.25, 0.3) is 0 Å². The molecule has 1 aliphatic heterocycles. The van der Waals surface area contributed by atoms with Crippen molar-refractivity contribution in [1.29, 1.82) is 0 Å². The second-order valence-corrected chi connectivity index (χ2v) is 5.21. The molecule has 8 heteroatoms. The van der Waals surface area contributed by atoms with Crippen molar-refractivity contribution in [3.63, 3.8) is 0 Å². The molecule has 0 aromatic heterocycles. The summed E-state index contributed by atoms with van der Waals surface area (Å²) in [5, 5.41) is 20.5. The molecule has 1 heterocycles. The maximum absolute atomic E-state index is 11.8. The zero-order chi connectivity index (χ0) is 16.1. The van der Waals surface area contributed by atoms with E-state index in [0.717, 1.165) is 0 Å². The van der Waals surface area contributed by atoms with Crippen molar-refractivity contribution in [2.45, 2.75) is 12.1 Å². The lowest BCUT2D eigenvalue weighted by molar-refractivity contribution is -0.140. The Bertz CT molecular complexity index is 560. The van der Waals surface area contributed by atoms with E-state index in [2.05, 4.69) is 5.32 Å². The molecular weight excluding hydrogens is 308 g/mol. The summed E-state index contributed by atoms with van der Waals surface area (Å²) in [4.78, 5) is 24.3. The fourth-order valence-corrected chi connectivity index (χ4v) is 2.19. The highest BCUT2D eigenvalue weighted by Crippen LogP contribution is 2.14. The number of esters is 1. The van der Waals surface area contributed by atoms with Crippen LogP contribution in [0.25, 0.3) is 0 Å².